The molecule has 0 saturated carbocycles. The Morgan fingerprint density at radius 1 is 1.14 bits per heavy atom. The summed E-state index contributed by atoms with van der Waals surface area (Å²) in [6, 6.07) is 12.4. The van der Waals surface area contributed by atoms with Gasteiger partial charge in [-0.25, -0.2) is 0 Å². The van der Waals surface area contributed by atoms with Crippen LogP contribution in [-0.4, -0.2) is 4.57 Å². The van der Waals surface area contributed by atoms with Crippen LogP contribution in [0.3, 0.4) is 0 Å². The second kappa shape index (κ2) is 3.58. The van der Waals surface area contributed by atoms with Crippen LogP contribution in [-0.2, 0) is 0 Å². The molecule has 0 spiro atoms. The summed E-state index contributed by atoms with van der Waals surface area (Å²) in [4.78, 5) is 0. The molecule has 0 bridgehead atoms. The van der Waals surface area contributed by atoms with E-state index in [9.17, 15) is 0 Å². The third-order valence-corrected chi connectivity index (χ3v) is 2.47. The first-order valence-electron chi connectivity index (χ1n) is 4.75. The van der Waals surface area contributed by atoms with Crippen LogP contribution in [0.15, 0.2) is 48.8 Å². The van der Waals surface area contributed by atoms with Gasteiger partial charge in [-0.15, -0.1) is 0 Å². The summed E-state index contributed by atoms with van der Waals surface area (Å²) in [5, 5.41) is 0. The number of hydrogen-bond acceptors (Lipinski definition) is 1. The molecule has 1 atom stereocenters. The smallest absolute Gasteiger partial charge is 0.0552 e. The molecule has 2 aromatic rings. The number of nitrogens with two attached hydrogens (primary N) is 1. The molecular weight excluding hydrogens is 172 g/mol. The van der Waals surface area contributed by atoms with Gasteiger partial charge in [-0.1, -0.05) is 12.1 Å². The molecule has 0 radical (unpaired) electrons. The summed E-state index contributed by atoms with van der Waals surface area (Å²) in [6.45, 7) is 2.16. The van der Waals surface area contributed by atoms with Crippen molar-refractivity contribution < 1.29 is 0 Å². The van der Waals surface area contributed by atoms with E-state index in [0.29, 0.717) is 6.04 Å². The Hall–Kier alpha value is -1.70. The van der Waals surface area contributed by atoms with Gasteiger partial charge in [0, 0.05) is 18.1 Å². The number of anilines is 1. The Morgan fingerprint density at radius 2 is 1.86 bits per heavy atom. The van der Waals surface area contributed by atoms with Gasteiger partial charge in [-0.05, 0) is 36.8 Å². The van der Waals surface area contributed by atoms with Crippen molar-refractivity contribution in [2.24, 2.45) is 0 Å². The molecule has 2 heteroatoms. The molecule has 2 N–H and O–H groups in total. The van der Waals surface area contributed by atoms with Gasteiger partial charge in [-0.2, -0.15) is 0 Å². The SMILES string of the molecule is CC(c1cccc(N)c1)n1cccc1. The lowest BCUT2D eigenvalue weighted by atomic mass is 10.1. The van der Waals surface area contributed by atoms with Crippen molar-refractivity contribution in [3.63, 3.8) is 0 Å². The third kappa shape index (κ3) is 1.64. The largest absolute Gasteiger partial charge is 0.399 e. The number of nitrogens with zero attached hydrogens (tertiary/aromatic N) is 1. The van der Waals surface area contributed by atoms with Crippen LogP contribution in [0.25, 0.3) is 0 Å². The molecular formula is C12H14N2. The van der Waals surface area contributed by atoms with E-state index >= 15 is 0 Å². The Bertz CT molecular complexity index is 404. The van der Waals surface area contributed by atoms with Crippen molar-refractivity contribution in [3.8, 4) is 0 Å². The lowest BCUT2D eigenvalue weighted by Gasteiger charge is -2.14. The molecule has 0 fully saturated rings. The number of hydrogen-bond donors (Lipinski definition) is 1. The number of nitrogen functional groups attached to an aromatic ring is 1. The van der Waals surface area contributed by atoms with Crippen molar-refractivity contribution in [3.05, 3.63) is 54.4 Å². The average Bonchev–Trinajstić information content (AvgIpc) is 2.69. The fraction of sp³-hybridized carbons (Fsp3) is 0.167. The van der Waals surface area contributed by atoms with Crippen LogP contribution in [0, 0.1) is 0 Å². The molecule has 72 valence electrons. The molecule has 0 saturated heterocycles. The lowest BCUT2D eigenvalue weighted by molar-refractivity contribution is 0.643. The predicted molar refractivity (Wildman–Crippen MR) is 59.1 cm³/mol. The van der Waals surface area contributed by atoms with E-state index in [4.69, 9.17) is 5.73 Å². The normalized spacial score (nSPS) is 12.6. The monoisotopic (exact) mass is 186 g/mol. The molecule has 2 rings (SSSR count). The number of benzene rings is 1. The Morgan fingerprint density at radius 3 is 2.50 bits per heavy atom. The Kier molecular flexibility index (Phi) is 2.27. The number of aromatic nitrogens is 1. The van der Waals surface area contributed by atoms with Gasteiger partial charge in [0.1, 0.15) is 0 Å². The van der Waals surface area contributed by atoms with Crippen molar-refractivity contribution in [2.45, 2.75) is 13.0 Å². The maximum absolute atomic E-state index is 5.74. The van der Waals surface area contributed by atoms with E-state index in [0.717, 1.165) is 5.69 Å². The van der Waals surface area contributed by atoms with Crippen molar-refractivity contribution in [1.82, 2.24) is 4.57 Å². The van der Waals surface area contributed by atoms with Crippen molar-refractivity contribution in [2.75, 3.05) is 5.73 Å². The summed E-state index contributed by atoms with van der Waals surface area (Å²) in [5.41, 5.74) is 7.80. The summed E-state index contributed by atoms with van der Waals surface area (Å²) >= 11 is 0. The fourth-order valence-corrected chi connectivity index (χ4v) is 1.60. The van der Waals surface area contributed by atoms with Gasteiger partial charge >= 0.3 is 0 Å². The van der Waals surface area contributed by atoms with Crippen LogP contribution in [0.5, 0.6) is 0 Å². The molecule has 1 aromatic heterocycles. The molecule has 0 amide bonds. The molecule has 14 heavy (non-hydrogen) atoms. The van der Waals surface area contributed by atoms with E-state index in [1.165, 1.54) is 5.56 Å². The standard InChI is InChI=1S/C12H14N2/c1-10(14-7-2-3-8-14)11-5-4-6-12(13)9-11/h2-10H,13H2,1H3. The topological polar surface area (TPSA) is 30.9 Å². The van der Waals surface area contributed by atoms with E-state index in [1.807, 2.05) is 30.3 Å². The van der Waals surface area contributed by atoms with E-state index in [1.54, 1.807) is 0 Å². The van der Waals surface area contributed by atoms with Crippen molar-refractivity contribution in [1.29, 1.82) is 0 Å². The summed E-state index contributed by atoms with van der Waals surface area (Å²) in [6.07, 6.45) is 4.13. The molecule has 1 heterocycles. The first-order valence-corrected chi connectivity index (χ1v) is 4.75. The fourth-order valence-electron chi connectivity index (χ4n) is 1.60. The van der Waals surface area contributed by atoms with E-state index in [2.05, 4.69) is 30.0 Å². The lowest BCUT2D eigenvalue weighted by Crippen LogP contribution is -2.04. The minimum absolute atomic E-state index is 0.341. The highest BCUT2D eigenvalue weighted by Gasteiger charge is 2.05. The quantitative estimate of drug-likeness (QED) is 0.718. The Labute approximate surface area is 84.0 Å². The van der Waals surface area contributed by atoms with E-state index in [-0.39, 0.29) is 0 Å². The molecule has 2 nitrogen and oxygen atoms in total. The highest BCUT2D eigenvalue weighted by atomic mass is 15.0. The molecule has 0 aliphatic rings. The minimum Gasteiger partial charge on any atom is -0.399 e. The van der Waals surface area contributed by atoms with E-state index < -0.39 is 0 Å². The second-order valence-electron chi connectivity index (χ2n) is 3.48. The van der Waals surface area contributed by atoms with Gasteiger partial charge in [0.05, 0.1) is 6.04 Å². The molecule has 0 aliphatic heterocycles. The van der Waals surface area contributed by atoms with Gasteiger partial charge in [0.2, 0.25) is 0 Å². The van der Waals surface area contributed by atoms with Crippen LogP contribution in [0.2, 0.25) is 0 Å². The maximum Gasteiger partial charge on any atom is 0.0552 e. The van der Waals surface area contributed by atoms with Crippen LogP contribution < -0.4 is 5.73 Å². The average molecular weight is 186 g/mol. The zero-order valence-electron chi connectivity index (χ0n) is 8.22. The maximum atomic E-state index is 5.74. The second-order valence-corrected chi connectivity index (χ2v) is 3.48. The molecule has 1 unspecified atom stereocenters. The highest BCUT2D eigenvalue weighted by Crippen LogP contribution is 2.19. The summed E-state index contributed by atoms with van der Waals surface area (Å²) in [7, 11) is 0. The zero-order valence-corrected chi connectivity index (χ0v) is 8.22. The van der Waals surface area contributed by atoms with Gasteiger partial charge in [-0.3, -0.25) is 0 Å². The van der Waals surface area contributed by atoms with Crippen molar-refractivity contribution >= 4 is 5.69 Å². The Balaban J connectivity index is 2.32. The van der Waals surface area contributed by atoms with Gasteiger partial charge in [0.25, 0.3) is 0 Å². The zero-order chi connectivity index (χ0) is 9.97. The van der Waals surface area contributed by atoms with Crippen LogP contribution >= 0.6 is 0 Å². The van der Waals surface area contributed by atoms with Crippen LogP contribution in [0.4, 0.5) is 5.69 Å². The predicted octanol–water partition coefficient (Wildman–Crippen LogP) is 2.68. The number of rotatable bonds is 2. The van der Waals surface area contributed by atoms with Crippen LogP contribution in [0.1, 0.15) is 18.5 Å². The molecule has 1 aromatic carbocycles. The molecule has 0 aliphatic carbocycles. The first-order chi connectivity index (χ1) is 6.77. The van der Waals surface area contributed by atoms with Gasteiger partial charge in [0.15, 0.2) is 0 Å². The summed E-state index contributed by atoms with van der Waals surface area (Å²) in [5.74, 6) is 0. The first kappa shape index (κ1) is 8.88. The highest BCUT2D eigenvalue weighted by molar-refractivity contribution is 5.41. The third-order valence-electron chi connectivity index (χ3n) is 2.47. The van der Waals surface area contributed by atoms with Gasteiger partial charge < -0.3 is 10.3 Å². The minimum atomic E-state index is 0.341. The summed E-state index contributed by atoms with van der Waals surface area (Å²) < 4.78 is 2.16.